The van der Waals surface area contributed by atoms with Crippen LogP contribution in [-0.4, -0.2) is 126 Å². The van der Waals surface area contributed by atoms with Gasteiger partial charge < -0.3 is 40.0 Å². The Hall–Kier alpha value is -4.77. The van der Waals surface area contributed by atoms with Crippen molar-refractivity contribution in [2.45, 2.75) is 102 Å². The van der Waals surface area contributed by atoms with Crippen LogP contribution in [0.25, 0.3) is 0 Å². The minimum absolute atomic E-state index is 0.0275. The minimum atomic E-state index is -4.81. The number of nitrogens with two attached hydrogens (primary N) is 1. The number of halogens is 4. The number of piperidine rings is 3. The zero-order chi connectivity index (χ0) is 42.3. The number of hydrogen-bond donors (Lipinski definition) is 2. The number of ether oxygens (including phenoxy) is 3. The molecule has 18 heteroatoms. The van der Waals surface area contributed by atoms with E-state index in [4.69, 9.17) is 31.5 Å². The smallest absolute Gasteiger partial charge is 0.418 e. The van der Waals surface area contributed by atoms with E-state index in [-0.39, 0.29) is 73.8 Å². The second-order valence-electron chi connectivity index (χ2n) is 15.4. The lowest BCUT2D eigenvalue weighted by molar-refractivity contribution is -0.155. The summed E-state index contributed by atoms with van der Waals surface area (Å²) in [5.41, 5.74) is 5.75. The van der Waals surface area contributed by atoms with Gasteiger partial charge in [0.2, 0.25) is 0 Å². The standard InChI is InChI=1S/C41H52ClF3N6O8/c1-2-57-35(52)7-8-36(53)58-30-14-20-48(21-15-30)28-10-16-49(17-11-28)38(54)34(25-26-23-31(41(43,44)45)37(46)32(42)24-26)59-40(56)50-18-12-29(13-19-50)51-22-9-27-5-3-4-6-33(27)47-39(51)55/h3-6,23-24,28-30,34H,2,7-22,25,46H2,1H3,(H,47,55)/t34-/m1/s1. The summed E-state index contributed by atoms with van der Waals surface area (Å²) in [6.07, 6.45) is -3.58. The first-order valence-corrected chi connectivity index (χ1v) is 20.7. The molecule has 0 aromatic heterocycles. The van der Waals surface area contributed by atoms with Crippen LogP contribution in [0.3, 0.4) is 0 Å². The van der Waals surface area contributed by atoms with Crippen LogP contribution in [0.5, 0.6) is 0 Å². The molecular weight excluding hydrogens is 797 g/mol. The summed E-state index contributed by atoms with van der Waals surface area (Å²) in [7, 11) is 0. The molecule has 14 nitrogen and oxygen atoms in total. The lowest BCUT2D eigenvalue weighted by Gasteiger charge is -2.42. The summed E-state index contributed by atoms with van der Waals surface area (Å²) in [6, 6.07) is 9.53. The van der Waals surface area contributed by atoms with Crippen LogP contribution in [0.15, 0.2) is 36.4 Å². The van der Waals surface area contributed by atoms with E-state index in [1.807, 2.05) is 24.3 Å². The Labute approximate surface area is 346 Å². The van der Waals surface area contributed by atoms with Crippen molar-refractivity contribution < 1.29 is 51.4 Å². The molecule has 0 saturated carbocycles. The number of esters is 2. The van der Waals surface area contributed by atoms with Gasteiger partial charge in [0.15, 0.2) is 6.10 Å². The summed E-state index contributed by atoms with van der Waals surface area (Å²) >= 11 is 6.13. The van der Waals surface area contributed by atoms with Crippen molar-refractivity contribution in [1.29, 1.82) is 0 Å². The maximum absolute atomic E-state index is 14.1. The number of amides is 4. The Morgan fingerprint density at radius 3 is 2.20 bits per heavy atom. The van der Waals surface area contributed by atoms with Crippen LogP contribution < -0.4 is 11.1 Å². The molecule has 3 saturated heterocycles. The first-order chi connectivity index (χ1) is 28.2. The number of fused-ring (bicyclic) bond motifs is 1. The molecule has 1 atom stereocenters. The number of nitrogens with one attached hydrogen (secondary N) is 1. The number of likely N-dealkylation sites (tertiary alicyclic amines) is 3. The number of carbonyl (C=O) groups excluding carboxylic acids is 5. The molecule has 59 heavy (non-hydrogen) atoms. The average Bonchev–Trinajstić information content (AvgIpc) is 3.39. The Morgan fingerprint density at radius 1 is 0.881 bits per heavy atom. The van der Waals surface area contributed by atoms with Crippen molar-refractivity contribution in [3.05, 3.63) is 58.1 Å². The molecule has 0 aliphatic carbocycles. The van der Waals surface area contributed by atoms with Crippen molar-refractivity contribution in [2.24, 2.45) is 0 Å². The summed E-state index contributed by atoms with van der Waals surface area (Å²) in [4.78, 5) is 71.9. The molecule has 0 unspecified atom stereocenters. The van der Waals surface area contributed by atoms with Crippen molar-refractivity contribution in [1.82, 2.24) is 19.6 Å². The second-order valence-corrected chi connectivity index (χ2v) is 15.9. The van der Waals surface area contributed by atoms with Crippen molar-refractivity contribution >= 4 is 52.9 Å². The number of hydrogen-bond acceptors (Lipinski definition) is 10. The zero-order valence-electron chi connectivity index (χ0n) is 33.1. The zero-order valence-corrected chi connectivity index (χ0v) is 33.9. The number of nitrogens with zero attached hydrogens (tertiary/aromatic N) is 4. The molecule has 0 spiro atoms. The van der Waals surface area contributed by atoms with E-state index in [1.54, 1.807) is 16.7 Å². The highest BCUT2D eigenvalue weighted by atomic mass is 35.5. The number of carbonyl (C=O) groups is 5. The van der Waals surface area contributed by atoms with E-state index >= 15 is 0 Å². The third kappa shape index (κ3) is 11.3. The van der Waals surface area contributed by atoms with Gasteiger partial charge in [-0.3, -0.25) is 19.3 Å². The molecule has 4 heterocycles. The average molecular weight is 849 g/mol. The van der Waals surface area contributed by atoms with Gasteiger partial charge in [-0.1, -0.05) is 29.8 Å². The number of nitrogen functional groups attached to an aromatic ring is 1. The number of benzene rings is 2. The first kappa shape index (κ1) is 43.8. The van der Waals surface area contributed by atoms with Crippen LogP contribution in [0, 0.1) is 0 Å². The molecular formula is C41H52ClF3N6O8. The van der Waals surface area contributed by atoms with Crippen molar-refractivity contribution in [3.63, 3.8) is 0 Å². The summed E-state index contributed by atoms with van der Waals surface area (Å²) in [5, 5.41) is 2.65. The van der Waals surface area contributed by atoms with Crippen LogP contribution >= 0.6 is 11.6 Å². The monoisotopic (exact) mass is 848 g/mol. The highest BCUT2D eigenvalue weighted by Crippen LogP contribution is 2.38. The molecule has 2 aromatic carbocycles. The summed E-state index contributed by atoms with van der Waals surface area (Å²) in [5.74, 6) is -1.41. The van der Waals surface area contributed by atoms with Gasteiger partial charge in [-0.25, -0.2) is 9.59 Å². The van der Waals surface area contributed by atoms with Crippen LogP contribution in [0.2, 0.25) is 5.02 Å². The number of para-hydroxylation sites is 1. The number of urea groups is 1. The lowest BCUT2D eigenvalue weighted by Crippen LogP contribution is -2.53. The predicted octanol–water partition coefficient (Wildman–Crippen LogP) is 5.89. The van der Waals surface area contributed by atoms with Crippen LogP contribution in [0.4, 0.5) is 34.1 Å². The predicted molar refractivity (Wildman–Crippen MR) is 211 cm³/mol. The van der Waals surface area contributed by atoms with Crippen molar-refractivity contribution in [2.75, 3.05) is 63.5 Å². The van der Waals surface area contributed by atoms with E-state index < -0.39 is 47.5 Å². The maximum atomic E-state index is 14.1. The molecule has 4 amide bonds. The van der Waals surface area contributed by atoms with Gasteiger partial charge in [-0.2, -0.15) is 13.2 Å². The molecule has 3 N–H and O–H groups in total. The Kier molecular flexibility index (Phi) is 14.5. The molecule has 6 rings (SSSR count). The topological polar surface area (TPSA) is 164 Å². The molecule has 3 fully saturated rings. The number of anilines is 2. The van der Waals surface area contributed by atoms with Crippen molar-refractivity contribution in [3.8, 4) is 0 Å². The fourth-order valence-electron chi connectivity index (χ4n) is 8.41. The Balaban J connectivity index is 1.05. The highest BCUT2D eigenvalue weighted by molar-refractivity contribution is 6.33. The van der Waals surface area contributed by atoms with Crippen LogP contribution in [0.1, 0.15) is 75.0 Å². The normalized spacial score (nSPS) is 19.3. The first-order valence-electron chi connectivity index (χ1n) is 20.3. The van der Waals surface area contributed by atoms with Gasteiger partial charge in [0, 0.05) is 70.0 Å². The van der Waals surface area contributed by atoms with Gasteiger partial charge >= 0.3 is 30.2 Å². The van der Waals surface area contributed by atoms with Gasteiger partial charge in [0.1, 0.15) is 6.10 Å². The van der Waals surface area contributed by atoms with E-state index in [0.29, 0.717) is 77.7 Å². The SMILES string of the molecule is CCOC(=O)CCC(=O)OC1CCN(C2CCN(C(=O)[C@@H](Cc3cc(Cl)c(N)c(C(F)(F)F)c3)OC(=O)N3CCC(N4CCc5ccccc5NC4=O)CC3)CC2)CC1. The van der Waals surface area contributed by atoms with Gasteiger partial charge in [0.05, 0.1) is 35.7 Å². The number of alkyl halides is 3. The van der Waals surface area contributed by atoms with Gasteiger partial charge in [0.25, 0.3) is 5.91 Å². The van der Waals surface area contributed by atoms with E-state index in [0.717, 1.165) is 17.3 Å². The quantitative estimate of drug-likeness (QED) is 0.159. The molecule has 0 bridgehead atoms. The summed E-state index contributed by atoms with van der Waals surface area (Å²) in [6.45, 7) is 5.00. The van der Waals surface area contributed by atoms with E-state index in [2.05, 4.69) is 10.2 Å². The van der Waals surface area contributed by atoms with E-state index in [9.17, 15) is 37.1 Å². The van der Waals surface area contributed by atoms with Crippen LogP contribution in [-0.2, 0) is 47.6 Å². The lowest BCUT2D eigenvalue weighted by atomic mass is 9.97. The largest absolute Gasteiger partial charge is 0.466 e. The Bertz CT molecular complexity index is 1850. The third-order valence-corrected chi connectivity index (χ3v) is 12.0. The number of rotatable bonds is 11. The molecule has 322 valence electrons. The van der Waals surface area contributed by atoms with Gasteiger partial charge in [-0.05, 0) is 81.2 Å². The Morgan fingerprint density at radius 2 is 1.53 bits per heavy atom. The molecule has 4 aliphatic heterocycles. The third-order valence-electron chi connectivity index (χ3n) is 11.6. The fourth-order valence-corrected chi connectivity index (χ4v) is 8.65. The molecule has 4 aliphatic rings. The van der Waals surface area contributed by atoms with E-state index in [1.165, 1.54) is 11.0 Å². The highest BCUT2D eigenvalue weighted by Gasteiger charge is 2.39. The molecule has 0 radical (unpaired) electrons. The summed E-state index contributed by atoms with van der Waals surface area (Å²) < 4.78 is 58.0. The minimum Gasteiger partial charge on any atom is -0.466 e. The fraction of sp³-hybridized carbons (Fsp3) is 0.585. The maximum Gasteiger partial charge on any atom is 0.418 e. The molecule has 2 aromatic rings. The van der Waals surface area contributed by atoms with Gasteiger partial charge in [-0.15, -0.1) is 0 Å². The second kappa shape index (κ2) is 19.5.